The molecule has 0 atom stereocenters. The third kappa shape index (κ3) is 5.28. The Bertz CT molecular complexity index is 707. The lowest BCUT2D eigenvalue weighted by molar-refractivity contribution is -0.116. The Hall–Kier alpha value is -3.09. The van der Waals surface area contributed by atoms with Crippen molar-refractivity contribution in [3.05, 3.63) is 54.3 Å². The monoisotopic (exact) mass is 332 g/mol. The molecule has 0 heterocycles. The topological polar surface area (TPSA) is 76.7 Å². The summed E-state index contributed by atoms with van der Waals surface area (Å²) in [5.41, 5.74) is 0.271. The predicted octanol–water partition coefficient (Wildman–Crippen LogP) is 3.41. The van der Waals surface area contributed by atoms with Crippen LogP contribution in [0.4, 0.5) is 20.6 Å². The second-order valence-corrected chi connectivity index (χ2v) is 4.77. The molecular weight excluding hydrogens is 315 g/mol. The van der Waals surface area contributed by atoms with E-state index in [2.05, 4.69) is 15.4 Å². The summed E-state index contributed by atoms with van der Waals surface area (Å²) in [4.78, 5) is 23.0. The summed E-state index contributed by atoms with van der Waals surface area (Å²) in [5, 5.41) is 4.84. The van der Waals surface area contributed by atoms with Gasteiger partial charge >= 0.3 is 6.09 Å². The summed E-state index contributed by atoms with van der Waals surface area (Å²) in [6, 6.07) is 13.0. The maximum absolute atomic E-state index is 13.6. The van der Waals surface area contributed by atoms with Crippen LogP contribution >= 0.6 is 0 Å². The van der Waals surface area contributed by atoms with Gasteiger partial charge in [-0.2, -0.15) is 0 Å². The SMILES string of the molecule is COC(=O)Nc1cc(NC(=O)CCOc2ccccc2)ccc1F. The Balaban J connectivity index is 1.87. The van der Waals surface area contributed by atoms with E-state index in [4.69, 9.17) is 4.74 Å². The van der Waals surface area contributed by atoms with Crippen LogP contribution in [0.2, 0.25) is 0 Å². The third-order valence-corrected chi connectivity index (χ3v) is 3.01. The van der Waals surface area contributed by atoms with Crippen molar-refractivity contribution in [2.45, 2.75) is 6.42 Å². The average Bonchev–Trinajstić information content (AvgIpc) is 2.58. The highest BCUT2D eigenvalue weighted by Gasteiger charge is 2.09. The van der Waals surface area contributed by atoms with E-state index >= 15 is 0 Å². The van der Waals surface area contributed by atoms with Gasteiger partial charge in [-0.1, -0.05) is 18.2 Å². The second kappa shape index (κ2) is 8.52. The molecule has 0 bridgehead atoms. The van der Waals surface area contributed by atoms with E-state index in [1.165, 1.54) is 19.2 Å². The zero-order chi connectivity index (χ0) is 17.4. The molecular formula is C17H17FN2O4. The summed E-state index contributed by atoms with van der Waals surface area (Å²) >= 11 is 0. The first kappa shape index (κ1) is 17.3. The van der Waals surface area contributed by atoms with Crippen molar-refractivity contribution in [2.75, 3.05) is 24.4 Å². The van der Waals surface area contributed by atoms with Crippen molar-refractivity contribution in [2.24, 2.45) is 0 Å². The smallest absolute Gasteiger partial charge is 0.411 e. The Morgan fingerprint density at radius 1 is 1.08 bits per heavy atom. The maximum Gasteiger partial charge on any atom is 0.411 e. The van der Waals surface area contributed by atoms with E-state index in [1.807, 2.05) is 18.2 Å². The fourth-order valence-electron chi connectivity index (χ4n) is 1.86. The molecule has 0 saturated carbocycles. The molecule has 2 aromatic carbocycles. The molecule has 0 aliphatic heterocycles. The number of anilines is 2. The molecule has 0 aromatic heterocycles. The van der Waals surface area contributed by atoms with Gasteiger partial charge in [0.25, 0.3) is 0 Å². The van der Waals surface area contributed by atoms with Gasteiger partial charge < -0.3 is 14.8 Å². The van der Waals surface area contributed by atoms with Crippen LogP contribution in [0.3, 0.4) is 0 Å². The zero-order valence-corrected chi connectivity index (χ0v) is 13.0. The lowest BCUT2D eigenvalue weighted by Gasteiger charge is -2.10. The molecule has 0 saturated heterocycles. The number of ether oxygens (including phenoxy) is 2. The molecule has 2 N–H and O–H groups in total. The standard InChI is InChI=1S/C17H17FN2O4/c1-23-17(22)20-15-11-12(7-8-14(15)18)19-16(21)9-10-24-13-5-3-2-4-6-13/h2-8,11H,9-10H2,1H3,(H,19,21)(H,20,22). The molecule has 7 heteroatoms. The highest BCUT2D eigenvalue weighted by molar-refractivity contribution is 5.92. The van der Waals surface area contributed by atoms with Crippen LogP contribution in [-0.2, 0) is 9.53 Å². The van der Waals surface area contributed by atoms with Gasteiger partial charge in [-0.3, -0.25) is 10.1 Å². The number of methoxy groups -OCH3 is 1. The fourth-order valence-corrected chi connectivity index (χ4v) is 1.86. The van der Waals surface area contributed by atoms with Crippen LogP contribution in [0.15, 0.2) is 48.5 Å². The van der Waals surface area contributed by atoms with Crippen LogP contribution in [0, 0.1) is 5.82 Å². The number of carbonyl (C=O) groups is 2. The van der Waals surface area contributed by atoms with Gasteiger partial charge in [-0.15, -0.1) is 0 Å². The van der Waals surface area contributed by atoms with Gasteiger partial charge in [0, 0.05) is 5.69 Å². The molecule has 0 unspecified atom stereocenters. The van der Waals surface area contributed by atoms with Crippen molar-refractivity contribution in [1.29, 1.82) is 0 Å². The van der Waals surface area contributed by atoms with E-state index in [-0.39, 0.29) is 24.6 Å². The van der Waals surface area contributed by atoms with Crippen LogP contribution < -0.4 is 15.4 Å². The molecule has 2 rings (SSSR count). The summed E-state index contributed by atoms with van der Waals surface area (Å²) in [6.07, 6.45) is -0.667. The minimum Gasteiger partial charge on any atom is -0.493 e. The Labute approximate surface area is 138 Å². The Morgan fingerprint density at radius 2 is 1.83 bits per heavy atom. The van der Waals surface area contributed by atoms with Crippen molar-refractivity contribution in [3.8, 4) is 5.75 Å². The number of amides is 2. The number of hydrogen-bond acceptors (Lipinski definition) is 4. The number of carbonyl (C=O) groups excluding carboxylic acids is 2. The lowest BCUT2D eigenvalue weighted by atomic mass is 10.2. The Morgan fingerprint density at radius 3 is 2.54 bits per heavy atom. The summed E-state index contributed by atoms with van der Waals surface area (Å²) in [6.45, 7) is 0.213. The summed E-state index contributed by atoms with van der Waals surface area (Å²) in [7, 11) is 1.17. The third-order valence-electron chi connectivity index (χ3n) is 3.01. The maximum atomic E-state index is 13.6. The molecule has 126 valence electrons. The minimum absolute atomic E-state index is 0.0832. The quantitative estimate of drug-likeness (QED) is 0.850. The van der Waals surface area contributed by atoms with Gasteiger partial charge in [-0.05, 0) is 30.3 Å². The zero-order valence-electron chi connectivity index (χ0n) is 13.0. The lowest BCUT2D eigenvalue weighted by Crippen LogP contribution is -2.16. The van der Waals surface area contributed by atoms with Crippen LogP contribution in [0.5, 0.6) is 5.75 Å². The van der Waals surface area contributed by atoms with Crippen molar-refractivity contribution >= 4 is 23.4 Å². The van der Waals surface area contributed by atoms with E-state index in [9.17, 15) is 14.0 Å². The first-order valence-electron chi connectivity index (χ1n) is 7.20. The second-order valence-electron chi connectivity index (χ2n) is 4.77. The van der Waals surface area contributed by atoms with Gasteiger partial charge in [0.2, 0.25) is 5.91 Å². The fraction of sp³-hybridized carbons (Fsp3) is 0.176. The number of benzene rings is 2. The van der Waals surface area contributed by atoms with Gasteiger partial charge in [0.15, 0.2) is 0 Å². The molecule has 2 aromatic rings. The van der Waals surface area contributed by atoms with Crippen LogP contribution in [-0.4, -0.2) is 25.7 Å². The van der Waals surface area contributed by atoms with Crippen LogP contribution in [0.1, 0.15) is 6.42 Å². The van der Waals surface area contributed by atoms with Gasteiger partial charge in [-0.25, -0.2) is 9.18 Å². The molecule has 0 aliphatic carbocycles. The molecule has 0 radical (unpaired) electrons. The predicted molar refractivity (Wildman–Crippen MR) is 87.6 cm³/mol. The van der Waals surface area contributed by atoms with E-state index in [0.29, 0.717) is 11.4 Å². The van der Waals surface area contributed by atoms with Crippen LogP contribution in [0.25, 0.3) is 0 Å². The first-order valence-corrected chi connectivity index (χ1v) is 7.20. The van der Waals surface area contributed by atoms with E-state index in [0.717, 1.165) is 6.07 Å². The van der Waals surface area contributed by atoms with E-state index < -0.39 is 11.9 Å². The normalized spacial score (nSPS) is 9.92. The molecule has 2 amide bonds. The largest absolute Gasteiger partial charge is 0.493 e. The average molecular weight is 332 g/mol. The first-order chi connectivity index (χ1) is 11.6. The van der Waals surface area contributed by atoms with Gasteiger partial charge in [0.1, 0.15) is 11.6 Å². The van der Waals surface area contributed by atoms with E-state index in [1.54, 1.807) is 12.1 Å². The number of rotatable bonds is 6. The highest BCUT2D eigenvalue weighted by Crippen LogP contribution is 2.20. The number of halogens is 1. The molecule has 6 nitrogen and oxygen atoms in total. The molecule has 0 fully saturated rings. The van der Waals surface area contributed by atoms with Crippen molar-refractivity contribution in [1.82, 2.24) is 0 Å². The van der Waals surface area contributed by atoms with Crippen molar-refractivity contribution in [3.63, 3.8) is 0 Å². The summed E-state index contributed by atoms with van der Waals surface area (Å²) < 4.78 is 23.4. The number of para-hydroxylation sites is 1. The highest BCUT2D eigenvalue weighted by atomic mass is 19.1. The van der Waals surface area contributed by atoms with Crippen molar-refractivity contribution < 1.29 is 23.5 Å². The molecule has 0 spiro atoms. The molecule has 0 aliphatic rings. The summed E-state index contributed by atoms with van der Waals surface area (Å²) in [5.74, 6) is -0.246. The molecule has 24 heavy (non-hydrogen) atoms. The minimum atomic E-state index is -0.798. The number of nitrogens with one attached hydrogen (secondary N) is 2. The Kier molecular flexibility index (Phi) is 6.13. The number of hydrogen-bond donors (Lipinski definition) is 2. The van der Waals surface area contributed by atoms with Gasteiger partial charge in [0.05, 0.1) is 25.8 Å².